The average Bonchev–Trinajstić information content (AvgIpc) is 2.27. The van der Waals surface area contributed by atoms with Gasteiger partial charge in [-0.2, -0.15) is 0 Å². The number of aliphatic hydroxyl groups is 1. The maximum absolute atomic E-state index is 8.89. The molecule has 0 aromatic heterocycles. The monoisotopic (exact) mass is 221 g/mol. The molecular weight excluding hydrogens is 198 g/mol. The minimum absolute atomic E-state index is 0.162. The largest absolute Gasteiger partial charge is 0.395 e. The van der Waals surface area contributed by atoms with Gasteiger partial charge in [0, 0.05) is 12.6 Å². The molecule has 1 aromatic carbocycles. The van der Waals surface area contributed by atoms with Crippen LogP contribution in [0.4, 0.5) is 0 Å². The summed E-state index contributed by atoms with van der Waals surface area (Å²) < 4.78 is 0. The summed E-state index contributed by atoms with van der Waals surface area (Å²) in [6, 6.07) is 8.88. The molecule has 1 atom stereocenters. The molecule has 0 aliphatic carbocycles. The Morgan fingerprint density at radius 1 is 1.06 bits per heavy atom. The summed E-state index contributed by atoms with van der Waals surface area (Å²) in [6.07, 6.45) is 1.14. The summed E-state index contributed by atoms with van der Waals surface area (Å²) in [5, 5.41) is 12.2. The highest BCUT2D eigenvalue weighted by atomic mass is 16.3. The lowest BCUT2D eigenvalue weighted by molar-refractivity contribution is 0.251. The second kappa shape index (κ2) is 6.66. The molecule has 0 heterocycles. The summed E-state index contributed by atoms with van der Waals surface area (Å²) in [7, 11) is 0. The van der Waals surface area contributed by atoms with E-state index in [4.69, 9.17) is 5.11 Å². The maximum atomic E-state index is 8.89. The van der Waals surface area contributed by atoms with Crippen LogP contribution >= 0.6 is 0 Å². The average molecular weight is 221 g/mol. The van der Waals surface area contributed by atoms with Crippen LogP contribution in [0.25, 0.3) is 0 Å². The van der Waals surface area contributed by atoms with Crippen molar-refractivity contribution in [2.45, 2.75) is 39.8 Å². The lowest BCUT2D eigenvalue weighted by atomic mass is 10.0. The Labute approximate surface area is 98.7 Å². The van der Waals surface area contributed by atoms with E-state index in [1.165, 1.54) is 11.1 Å². The van der Waals surface area contributed by atoms with Gasteiger partial charge < -0.3 is 10.4 Å². The van der Waals surface area contributed by atoms with E-state index in [0.717, 1.165) is 13.0 Å². The molecule has 2 N–H and O–H groups in total. The van der Waals surface area contributed by atoms with Gasteiger partial charge in [-0.1, -0.05) is 38.1 Å². The zero-order valence-electron chi connectivity index (χ0n) is 10.5. The molecule has 16 heavy (non-hydrogen) atoms. The van der Waals surface area contributed by atoms with Crippen LogP contribution in [0.3, 0.4) is 0 Å². The first-order valence-corrected chi connectivity index (χ1v) is 6.04. The quantitative estimate of drug-likeness (QED) is 0.773. The summed E-state index contributed by atoms with van der Waals surface area (Å²) in [4.78, 5) is 0. The first kappa shape index (κ1) is 13.2. The van der Waals surface area contributed by atoms with Gasteiger partial charge in [0.05, 0.1) is 6.61 Å². The minimum atomic E-state index is 0.162. The Balaban J connectivity index is 2.45. The summed E-state index contributed by atoms with van der Waals surface area (Å²) in [5.74, 6) is 0.707. The van der Waals surface area contributed by atoms with Gasteiger partial charge in [-0.25, -0.2) is 0 Å². The molecule has 2 nitrogen and oxygen atoms in total. The molecule has 0 saturated carbocycles. The van der Waals surface area contributed by atoms with E-state index in [-0.39, 0.29) is 12.6 Å². The summed E-state index contributed by atoms with van der Waals surface area (Å²) in [6.45, 7) is 7.46. The van der Waals surface area contributed by atoms with Crippen molar-refractivity contribution in [3.8, 4) is 0 Å². The van der Waals surface area contributed by atoms with Crippen molar-refractivity contribution in [1.82, 2.24) is 5.32 Å². The third-order valence-electron chi connectivity index (χ3n) is 2.60. The lowest BCUT2D eigenvalue weighted by Gasteiger charge is -2.11. The van der Waals surface area contributed by atoms with Crippen LogP contribution in [-0.4, -0.2) is 17.8 Å². The van der Waals surface area contributed by atoms with E-state index in [0.29, 0.717) is 5.92 Å². The molecule has 0 bridgehead atoms. The molecule has 0 aliphatic rings. The predicted octanol–water partition coefficient (Wildman–Crippen LogP) is 2.36. The molecule has 0 fully saturated rings. The Bertz CT molecular complexity index is 292. The van der Waals surface area contributed by atoms with Gasteiger partial charge in [-0.3, -0.25) is 0 Å². The lowest BCUT2D eigenvalue weighted by Crippen LogP contribution is -2.28. The third-order valence-corrected chi connectivity index (χ3v) is 2.60. The molecule has 1 rings (SSSR count). The van der Waals surface area contributed by atoms with Crippen molar-refractivity contribution in [3.05, 3.63) is 35.4 Å². The van der Waals surface area contributed by atoms with Crippen LogP contribution in [0.2, 0.25) is 0 Å². The molecule has 0 saturated heterocycles. The highest BCUT2D eigenvalue weighted by molar-refractivity contribution is 5.22. The first-order chi connectivity index (χ1) is 7.61. The zero-order valence-corrected chi connectivity index (χ0v) is 10.5. The first-order valence-electron chi connectivity index (χ1n) is 6.04. The normalized spacial score (nSPS) is 13.1. The van der Waals surface area contributed by atoms with Gasteiger partial charge in [-0.05, 0) is 30.4 Å². The Hall–Kier alpha value is -0.860. The zero-order chi connectivity index (χ0) is 12.0. The summed E-state index contributed by atoms with van der Waals surface area (Å²) >= 11 is 0. The van der Waals surface area contributed by atoms with Crippen LogP contribution < -0.4 is 5.32 Å². The van der Waals surface area contributed by atoms with Gasteiger partial charge in [-0.15, -0.1) is 0 Å². The molecule has 0 aliphatic heterocycles. The molecule has 90 valence electrons. The predicted molar refractivity (Wildman–Crippen MR) is 68.4 cm³/mol. The Morgan fingerprint density at radius 2 is 1.62 bits per heavy atom. The number of nitrogens with one attached hydrogen (secondary N) is 1. The van der Waals surface area contributed by atoms with Gasteiger partial charge in [0.2, 0.25) is 0 Å². The van der Waals surface area contributed by atoms with Crippen molar-refractivity contribution >= 4 is 0 Å². The molecule has 0 spiro atoms. The molecule has 0 unspecified atom stereocenters. The van der Waals surface area contributed by atoms with Crippen molar-refractivity contribution in [2.75, 3.05) is 6.61 Å². The minimum Gasteiger partial charge on any atom is -0.395 e. The number of aliphatic hydroxyl groups excluding tert-OH is 1. The van der Waals surface area contributed by atoms with Gasteiger partial charge >= 0.3 is 0 Å². The highest BCUT2D eigenvalue weighted by Gasteiger charge is 2.00. The highest BCUT2D eigenvalue weighted by Crippen LogP contribution is 2.09. The van der Waals surface area contributed by atoms with Crippen LogP contribution in [0.1, 0.15) is 31.9 Å². The smallest absolute Gasteiger partial charge is 0.0582 e. The van der Waals surface area contributed by atoms with E-state index in [1.54, 1.807) is 0 Å². The fraction of sp³-hybridized carbons (Fsp3) is 0.571. The second-order valence-corrected chi connectivity index (χ2v) is 4.88. The maximum Gasteiger partial charge on any atom is 0.0582 e. The Morgan fingerprint density at radius 3 is 2.12 bits per heavy atom. The van der Waals surface area contributed by atoms with Crippen molar-refractivity contribution in [3.63, 3.8) is 0 Å². The fourth-order valence-electron chi connectivity index (χ4n) is 1.62. The van der Waals surface area contributed by atoms with Gasteiger partial charge in [0.1, 0.15) is 0 Å². The van der Waals surface area contributed by atoms with Crippen LogP contribution in [0.15, 0.2) is 24.3 Å². The second-order valence-electron chi connectivity index (χ2n) is 4.88. The Kier molecular flexibility index (Phi) is 5.50. The van der Waals surface area contributed by atoms with Gasteiger partial charge in [0.25, 0.3) is 0 Å². The van der Waals surface area contributed by atoms with Crippen molar-refractivity contribution in [1.29, 1.82) is 0 Å². The third kappa shape index (κ3) is 4.77. The molecule has 2 heteroatoms. The van der Waals surface area contributed by atoms with Crippen LogP contribution in [0.5, 0.6) is 0 Å². The van der Waals surface area contributed by atoms with E-state index < -0.39 is 0 Å². The molecular formula is C14H23NO. The van der Waals surface area contributed by atoms with E-state index >= 15 is 0 Å². The topological polar surface area (TPSA) is 32.3 Å². The fourth-order valence-corrected chi connectivity index (χ4v) is 1.62. The standard InChI is InChI=1S/C14H23NO/c1-11(2)8-13-4-6-14(7-5-13)9-15-12(3)10-16/h4-7,11-12,15-16H,8-10H2,1-3H3/t12-/m0/s1. The molecule has 0 amide bonds. The molecule has 1 aromatic rings. The summed E-state index contributed by atoms with van der Waals surface area (Å²) in [5.41, 5.74) is 2.67. The van der Waals surface area contributed by atoms with Gasteiger partial charge in [0.15, 0.2) is 0 Å². The molecule has 0 radical (unpaired) electrons. The SMILES string of the molecule is CC(C)Cc1ccc(CN[C@@H](C)CO)cc1. The van der Waals surface area contributed by atoms with Crippen LogP contribution in [-0.2, 0) is 13.0 Å². The van der Waals surface area contributed by atoms with Crippen LogP contribution in [0, 0.1) is 5.92 Å². The number of benzene rings is 1. The van der Waals surface area contributed by atoms with Crippen molar-refractivity contribution < 1.29 is 5.11 Å². The number of hydrogen-bond acceptors (Lipinski definition) is 2. The number of hydrogen-bond donors (Lipinski definition) is 2. The number of rotatable bonds is 6. The van der Waals surface area contributed by atoms with E-state index in [2.05, 4.69) is 43.4 Å². The van der Waals surface area contributed by atoms with E-state index in [9.17, 15) is 0 Å². The van der Waals surface area contributed by atoms with Crippen molar-refractivity contribution in [2.24, 2.45) is 5.92 Å². The van der Waals surface area contributed by atoms with E-state index in [1.807, 2.05) is 6.92 Å².